The summed E-state index contributed by atoms with van der Waals surface area (Å²) in [7, 11) is 2.95. The van der Waals surface area contributed by atoms with Gasteiger partial charge < -0.3 is 13.9 Å². The SMILES string of the molecule is COc1ccc2cc(C(=O)c3ccccc3)c(=O)oc2c1OC. The number of carbonyl (C=O) groups excluding carboxylic acids is 1. The molecule has 116 valence electrons. The van der Waals surface area contributed by atoms with Gasteiger partial charge in [0.2, 0.25) is 5.75 Å². The second-order valence-corrected chi connectivity index (χ2v) is 4.86. The van der Waals surface area contributed by atoms with Crippen LogP contribution < -0.4 is 15.1 Å². The van der Waals surface area contributed by atoms with E-state index in [1.807, 2.05) is 0 Å². The maximum atomic E-state index is 12.5. The second kappa shape index (κ2) is 5.96. The van der Waals surface area contributed by atoms with Crippen molar-refractivity contribution >= 4 is 16.8 Å². The van der Waals surface area contributed by atoms with Crippen LogP contribution in [0.5, 0.6) is 11.5 Å². The van der Waals surface area contributed by atoms with Gasteiger partial charge in [0.25, 0.3) is 0 Å². The minimum atomic E-state index is -0.710. The van der Waals surface area contributed by atoms with Gasteiger partial charge in [-0.05, 0) is 18.2 Å². The van der Waals surface area contributed by atoms with Crippen molar-refractivity contribution in [2.45, 2.75) is 0 Å². The molecule has 0 fully saturated rings. The molecule has 0 unspecified atom stereocenters. The number of fused-ring (bicyclic) bond motifs is 1. The molecule has 1 aromatic heterocycles. The lowest BCUT2D eigenvalue weighted by Crippen LogP contribution is -2.14. The van der Waals surface area contributed by atoms with Gasteiger partial charge in [-0.25, -0.2) is 4.79 Å². The van der Waals surface area contributed by atoms with E-state index in [0.717, 1.165) is 0 Å². The number of hydrogen-bond donors (Lipinski definition) is 0. The first-order valence-corrected chi connectivity index (χ1v) is 6.94. The molecule has 0 aliphatic carbocycles. The van der Waals surface area contributed by atoms with Gasteiger partial charge in [0.1, 0.15) is 5.56 Å². The Balaban J connectivity index is 2.20. The summed E-state index contributed by atoms with van der Waals surface area (Å²) in [6.45, 7) is 0. The molecule has 0 aliphatic rings. The van der Waals surface area contributed by atoms with E-state index < -0.39 is 5.63 Å². The fraction of sp³-hybridized carbons (Fsp3) is 0.111. The first-order chi connectivity index (χ1) is 11.2. The fourth-order valence-corrected chi connectivity index (χ4v) is 2.40. The zero-order chi connectivity index (χ0) is 16.4. The molecular formula is C18H14O5. The van der Waals surface area contributed by atoms with E-state index in [2.05, 4.69) is 0 Å². The smallest absolute Gasteiger partial charge is 0.347 e. The highest BCUT2D eigenvalue weighted by Crippen LogP contribution is 2.34. The molecule has 0 atom stereocenters. The van der Waals surface area contributed by atoms with E-state index in [0.29, 0.717) is 22.4 Å². The standard InChI is InChI=1S/C18H14O5/c1-21-14-9-8-12-10-13(15(19)11-6-4-3-5-7-11)18(20)23-16(12)17(14)22-2/h3-10H,1-2H3. The van der Waals surface area contributed by atoms with Gasteiger partial charge >= 0.3 is 5.63 Å². The zero-order valence-electron chi connectivity index (χ0n) is 12.7. The molecular weight excluding hydrogens is 296 g/mol. The average Bonchev–Trinajstić information content (AvgIpc) is 2.60. The van der Waals surface area contributed by atoms with E-state index in [1.165, 1.54) is 20.3 Å². The van der Waals surface area contributed by atoms with E-state index in [9.17, 15) is 9.59 Å². The third-order valence-electron chi connectivity index (χ3n) is 3.53. The molecule has 3 rings (SSSR count). The van der Waals surface area contributed by atoms with Gasteiger partial charge in [0.05, 0.1) is 14.2 Å². The number of hydrogen-bond acceptors (Lipinski definition) is 5. The average molecular weight is 310 g/mol. The minimum absolute atomic E-state index is 0.0177. The predicted octanol–water partition coefficient (Wildman–Crippen LogP) is 3.04. The van der Waals surface area contributed by atoms with Crippen LogP contribution in [-0.2, 0) is 0 Å². The van der Waals surface area contributed by atoms with Crippen LogP contribution in [0.4, 0.5) is 0 Å². The van der Waals surface area contributed by atoms with Gasteiger partial charge in [0.15, 0.2) is 17.1 Å². The lowest BCUT2D eigenvalue weighted by Gasteiger charge is -2.09. The van der Waals surface area contributed by atoms with Crippen molar-refractivity contribution in [1.82, 2.24) is 0 Å². The summed E-state index contributed by atoms with van der Waals surface area (Å²) in [5.41, 5.74) is -0.0464. The number of rotatable bonds is 4. The number of ketones is 1. The topological polar surface area (TPSA) is 65.7 Å². The lowest BCUT2D eigenvalue weighted by molar-refractivity contribution is 0.103. The van der Waals surface area contributed by atoms with Crippen LogP contribution in [0.25, 0.3) is 11.0 Å². The maximum absolute atomic E-state index is 12.5. The lowest BCUT2D eigenvalue weighted by atomic mass is 10.0. The Morgan fingerprint density at radius 3 is 2.39 bits per heavy atom. The summed E-state index contributed by atoms with van der Waals surface area (Å²) in [4.78, 5) is 24.7. The predicted molar refractivity (Wildman–Crippen MR) is 85.5 cm³/mol. The molecule has 0 radical (unpaired) electrons. The third kappa shape index (κ3) is 2.57. The van der Waals surface area contributed by atoms with Crippen molar-refractivity contribution < 1.29 is 18.7 Å². The van der Waals surface area contributed by atoms with Crippen molar-refractivity contribution in [1.29, 1.82) is 0 Å². The molecule has 5 heteroatoms. The summed E-state index contributed by atoms with van der Waals surface area (Å²) < 4.78 is 15.7. The van der Waals surface area contributed by atoms with Crippen LogP contribution in [0.2, 0.25) is 0 Å². The number of methoxy groups -OCH3 is 2. The molecule has 0 saturated carbocycles. The molecule has 0 amide bonds. The van der Waals surface area contributed by atoms with Crippen LogP contribution in [0.15, 0.2) is 57.7 Å². The number of carbonyl (C=O) groups is 1. The highest BCUT2D eigenvalue weighted by molar-refractivity contribution is 6.10. The van der Waals surface area contributed by atoms with Crippen molar-refractivity contribution in [3.05, 3.63) is 70.1 Å². The molecule has 5 nitrogen and oxygen atoms in total. The van der Waals surface area contributed by atoms with Gasteiger partial charge in [-0.2, -0.15) is 0 Å². The molecule has 1 heterocycles. The Labute approximate surface area is 132 Å². The molecule has 23 heavy (non-hydrogen) atoms. The number of benzene rings is 2. The molecule has 0 bridgehead atoms. The van der Waals surface area contributed by atoms with E-state index >= 15 is 0 Å². The third-order valence-corrected chi connectivity index (χ3v) is 3.53. The van der Waals surface area contributed by atoms with E-state index in [-0.39, 0.29) is 16.9 Å². The molecule has 0 spiro atoms. The molecule has 0 aliphatic heterocycles. The van der Waals surface area contributed by atoms with Crippen LogP contribution in [0, 0.1) is 0 Å². The Hall–Kier alpha value is -3.08. The molecule has 3 aromatic rings. The Morgan fingerprint density at radius 2 is 1.74 bits per heavy atom. The first-order valence-electron chi connectivity index (χ1n) is 6.94. The first kappa shape index (κ1) is 14.8. The van der Waals surface area contributed by atoms with Gasteiger partial charge in [0, 0.05) is 10.9 Å². The normalized spacial score (nSPS) is 10.5. The second-order valence-electron chi connectivity index (χ2n) is 4.86. The van der Waals surface area contributed by atoms with Crippen LogP contribution in [0.1, 0.15) is 15.9 Å². The van der Waals surface area contributed by atoms with Gasteiger partial charge in [-0.3, -0.25) is 4.79 Å². The van der Waals surface area contributed by atoms with Crippen molar-refractivity contribution in [2.24, 2.45) is 0 Å². The summed E-state index contributed by atoms with van der Waals surface area (Å²) in [6, 6.07) is 13.5. The highest BCUT2D eigenvalue weighted by Gasteiger charge is 2.18. The highest BCUT2D eigenvalue weighted by atomic mass is 16.5. The van der Waals surface area contributed by atoms with Crippen LogP contribution >= 0.6 is 0 Å². The fourth-order valence-electron chi connectivity index (χ4n) is 2.40. The van der Waals surface area contributed by atoms with Crippen molar-refractivity contribution in [2.75, 3.05) is 14.2 Å². The van der Waals surface area contributed by atoms with E-state index in [4.69, 9.17) is 13.9 Å². The summed E-state index contributed by atoms with van der Waals surface area (Å²) in [6.07, 6.45) is 0. The molecule has 0 N–H and O–H groups in total. The summed E-state index contributed by atoms with van der Waals surface area (Å²) in [5, 5.41) is 0.585. The molecule has 2 aromatic carbocycles. The quantitative estimate of drug-likeness (QED) is 0.547. The molecule has 0 saturated heterocycles. The van der Waals surface area contributed by atoms with Crippen molar-refractivity contribution in [3.63, 3.8) is 0 Å². The maximum Gasteiger partial charge on any atom is 0.347 e. The Kier molecular flexibility index (Phi) is 3.85. The Morgan fingerprint density at radius 1 is 1.00 bits per heavy atom. The van der Waals surface area contributed by atoms with Crippen LogP contribution in [-0.4, -0.2) is 20.0 Å². The van der Waals surface area contributed by atoms with Crippen molar-refractivity contribution in [3.8, 4) is 11.5 Å². The zero-order valence-corrected chi connectivity index (χ0v) is 12.7. The van der Waals surface area contributed by atoms with Gasteiger partial charge in [-0.15, -0.1) is 0 Å². The largest absolute Gasteiger partial charge is 0.493 e. The minimum Gasteiger partial charge on any atom is -0.493 e. The van der Waals surface area contributed by atoms with Crippen LogP contribution in [0.3, 0.4) is 0 Å². The van der Waals surface area contributed by atoms with Gasteiger partial charge in [-0.1, -0.05) is 30.3 Å². The van der Waals surface area contributed by atoms with E-state index in [1.54, 1.807) is 42.5 Å². The number of ether oxygens (including phenoxy) is 2. The summed E-state index contributed by atoms with van der Waals surface area (Å²) in [5.74, 6) is 0.391. The Bertz CT molecular complexity index is 925. The summed E-state index contributed by atoms with van der Waals surface area (Å²) >= 11 is 0. The monoisotopic (exact) mass is 310 g/mol.